The molecule has 3 rings (SSSR count). The molecule has 0 bridgehead atoms. The zero-order valence-corrected chi connectivity index (χ0v) is 14.2. The van der Waals surface area contributed by atoms with E-state index < -0.39 is 18.2 Å². The van der Waals surface area contributed by atoms with Crippen LogP contribution in [0.25, 0.3) is 17.3 Å². The molecule has 25 heavy (non-hydrogen) atoms. The van der Waals surface area contributed by atoms with Crippen LogP contribution in [0, 0.1) is 19.7 Å². The molecule has 0 saturated carbocycles. The number of halogens is 1. The van der Waals surface area contributed by atoms with Crippen LogP contribution >= 0.6 is 0 Å². The highest BCUT2D eigenvalue weighted by molar-refractivity contribution is 5.75. The van der Waals surface area contributed by atoms with Gasteiger partial charge in [-0.3, -0.25) is 9.78 Å². The summed E-state index contributed by atoms with van der Waals surface area (Å²) in [7, 11) is 0. The van der Waals surface area contributed by atoms with Crippen LogP contribution in [-0.4, -0.2) is 28.3 Å². The van der Waals surface area contributed by atoms with Gasteiger partial charge in [0.1, 0.15) is 11.9 Å². The lowest BCUT2D eigenvalue weighted by Gasteiger charge is -2.23. The van der Waals surface area contributed by atoms with E-state index in [0.29, 0.717) is 6.42 Å². The largest absolute Gasteiger partial charge is 0.458 e. The quantitative estimate of drug-likeness (QED) is 0.867. The molecule has 2 aromatic rings. The number of carbonyl (C=O) groups excluding carboxylic acids is 1. The number of nitrogens with zero attached hydrogens (tertiary/aromatic N) is 1. The van der Waals surface area contributed by atoms with Gasteiger partial charge in [-0.15, -0.1) is 0 Å². The van der Waals surface area contributed by atoms with Gasteiger partial charge < -0.3 is 9.84 Å². The van der Waals surface area contributed by atoms with E-state index >= 15 is 0 Å². The Morgan fingerprint density at radius 3 is 2.68 bits per heavy atom. The standard InChI is InChI=1S/C20H20FNO3/c1-12-9-13(2)22-20(14-3-5-15(21)6-4-14)18(12)8-7-17-10-16(23)11-19(24)25-17/h3-9,16-17,23H,10-11H2,1-2H3/b8-7+/t16-,17-/m0/s1. The van der Waals surface area contributed by atoms with Crippen molar-refractivity contribution in [3.63, 3.8) is 0 Å². The summed E-state index contributed by atoms with van der Waals surface area (Å²) >= 11 is 0. The number of pyridine rings is 1. The smallest absolute Gasteiger partial charge is 0.309 e. The summed E-state index contributed by atoms with van der Waals surface area (Å²) < 4.78 is 18.5. The van der Waals surface area contributed by atoms with Gasteiger partial charge in [-0.1, -0.05) is 6.08 Å². The molecule has 0 amide bonds. The van der Waals surface area contributed by atoms with Crippen molar-refractivity contribution >= 4 is 12.0 Å². The van der Waals surface area contributed by atoms with Gasteiger partial charge in [0.05, 0.1) is 18.2 Å². The Morgan fingerprint density at radius 2 is 2.00 bits per heavy atom. The minimum Gasteiger partial charge on any atom is -0.458 e. The maximum atomic E-state index is 13.2. The highest BCUT2D eigenvalue weighted by atomic mass is 19.1. The number of cyclic esters (lactones) is 1. The van der Waals surface area contributed by atoms with Crippen LogP contribution < -0.4 is 0 Å². The summed E-state index contributed by atoms with van der Waals surface area (Å²) in [6.45, 7) is 3.88. The van der Waals surface area contributed by atoms with Gasteiger partial charge in [0.25, 0.3) is 0 Å². The number of esters is 1. The average Bonchev–Trinajstić information content (AvgIpc) is 2.53. The number of hydrogen-bond donors (Lipinski definition) is 1. The SMILES string of the molecule is Cc1cc(C)c(/C=C/[C@H]2C[C@H](O)CC(=O)O2)c(-c2ccc(F)cc2)n1. The third-order valence-electron chi connectivity index (χ3n) is 4.18. The number of carbonyl (C=O) groups is 1. The molecule has 1 aromatic heterocycles. The molecule has 1 saturated heterocycles. The first kappa shape index (κ1) is 17.3. The summed E-state index contributed by atoms with van der Waals surface area (Å²) in [6, 6.07) is 8.16. The van der Waals surface area contributed by atoms with Crippen LogP contribution in [0.1, 0.15) is 29.7 Å². The fourth-order valence-electron chi connectivity index (χ4n) is 3.02. The van der Waals surface area contributed by atoms with Crippen LogP contribution in [0.15, 0.2) is 36.4 Å². The van der Waals surface area contributed by atoms with Crippen molar-refractivity contribution in [2.45, 2.75) is 38.9 Å². The second-order valence-electron chi connectivity index (χ2n) is 6.33. The predicted octanol–water partition coefficient (Wildman–Crippen LogP) is 3.58. The topological polar surface area (TPSA) is 59.4 Å². The van der Waals surface area contributed by atoms with Crippen molar-refractivity contribution < 1.29 is 19.0 Å². The molecule has 1 fully saturated rings. The number of ether oxygens (including phenoxy) is 1. The molecule has 0 radical (unpaired) electrons. The minimum atomic E-state index is -0.676. The van der Waals surface area contributed by atoms with E-state index in [-0.39, 0.29) is 12.2 Å². The average molecular weight is 341 g/mol. The summed E-state index contributed by atoms with van der Waals surface area (Å²) in [5.74, 6) is -0.695. The highest BCUT2D eigenvalue weighted by Crippen LogP contribution is 2.27. The first-order valence-electron chi connectivity index (χ1n) is 8.22. The molecular formula is C20H20FNO3. The summed E-state index contributed by atoms with van der Waals surface area (Å²) in [5, 5.41) is 9.71. The van der Waals surface area contributed by atoms with Gasteiger partial charge in [-0.25, -0.2) is 4.39 Å². The van der Waals surface area contributed by atoms with Gasteiger partial charge in [-0.2, -0.15) is 0 Å². The third-order valence-corrected chi connectivity index (χ3v) is 4.18. The van der Waals surface area contributed by atoms with Crippen molar-refractivity contribution in [2.24, 2.45) is 0 Å². The maximum Gasteiger partial charge on any atom is 0.309 e. The Hall–Kier alpha value is -2.53. The van der Waals surface area contributed by atoms with Crippen LogP contribution in [0.2, 0.25) is 0 Å². The van der Waals surface area contributed by atoms with Gasteiger partial charge in [0, 0.05) is 23.2 Å². The van der Waals surface area contributed by atoms with E-state index in [1.54, 1.807) is 18.2 Å². The lowest BCUT2D eigenvalue weighted by molar-refractivity contribution is -0.156. The molecule has 1 N–H and O–H groups in total. The zero-order valence-electron chi connectivity index (χ0n) is 14.2. The third kappa shape index (κ3) is 4.12. The Balaban J connectivity index is 1.96. The number of aliphatic hydroxyl groups excluding tert-OH is 1. The molecule has 2 heterocycles. The first-order chi connectivity index (χ1) is 11.9. The van der Waals surface area contributed by atoms with E-state index in [0.717, 1.165) is 28.1 Å². The van der Waals surface area contributed by atoms with Crippen molar-refractivity contribution in [1.82, 2.24) is 4.98 Å². The second-order valence-corrected chi connectivity index (χ2v) is 6.33. The number of rotatable bonds is 3. The molecule has 130 valence electrons. The van der Waals surface area contributed by atoms with Crippen LogP contribution in [0.4, 0.5) is 4.39 Å². The van der Waals surface area contributed by atoms with Gasteiger partial charge in [0.2, 0.25) is 0 Å². The van der Waals surface area contributed by atoms with E-state index in [1.807, 2.05) is 26.0 Å². The fourth-order valence-corrected chi connectivity index (χ4v) is 3.02. The number of aromatic nitrogens is 1. The maximum absolute atomic E-state index is 13.2. The summed E-state index contributed by atoms with van der Waals surface area (Å²) in [6.07, 6.45) is 2.91. The molecule has 2 atom stereocenters. The van der Waals surface area contributed by atoms with Crippen LogP contribution in [0.3, 0.4) is 0 Å². The van der Waals surface area contributed by atoms with Crippen molar-refractivity contribution in [2.75, 3.05) is 0 Å². The molecule has 1 aliphatic rings. The number of aryl methyl sites for hydroxylation is 2. The predicted molar refractivity (Wildman–Crippen MR) is 93.3 cm³/mol. The zero-order chi connectivity index (χ0) is 18.0. The summed E-state index contributed by atoms with van der Waals surface area (Å²) in [5.41, 5.74) is 4.33. The lowest BCUT2D eigenvalue weighted by atomic mass is 9.98. The number of aliphatic hydroxyl groups is 1. The number of benzene rings is 1. The fraction of sp³-hybridized carbons (Fsp3) is 0.300. The monoisotopic (exact) mass is 341 g/mol. The van der Waals surface area contributed by atoms with Crippen molar-refractivity contribution in [3.8, 4) is 11.3 Å². The Labute approximate surface area is 146 Å². The molecule has 4 nitrogen and oxygen atoms in total. The van der Waals surface area contributed by atoms with E-state index in [1.165, 1.54) is 12.1 Å². The molecule has 5 heteroatoms. The Morgan fingerprint density at radius 1 is 1.28 bits per heavy atom. The molecule has 1 aromatic carbocycles. The van der Waals surface area contributed by atoms with Gasteiger partial charge in [-0.05, 0) is 55.8 Å². The molecule has 0 spiro atoms. The Bertz CT molecular complexity index is 814. The molecule has 0 unspecified atom stereocenters. The van der Waals surface area contributed by atoms with E-state index in [2.05, 4.69) is 4.98 Å². The lowest BCUT2D eigenvalue weighted by Crippen LogP contribution is -2.31. The number of hydrogen-bond acceptors (Lipinski definition) is 4. The summed E-state index contributed by atoms with van der Waals surface area (Å²) in [4.78, 5) is 16.1. The second kappa shape index (κ2) is 7.15. The van der Waals surface area contributed by atoms with Crippen LogP contribution in [-0.2, 0) is 9.53 Å². The normalized spacial score (nSPS) is 20.7. The first-order valence-corrected chi connectivity index (χ1v) is 8.22. The van der Waals surface area contributed by atoms with Crippen molar-refractivity contribution in [3.05, 3.63) is 59.0 Å². The van der Waals surface area contributed by atoms with Crippen LogP contribution in [0.5, 0.6) is 0 Å². The van der Waals surface area contributed by atoms with Gasteiger partial charge >= 0.3 is 5.97 Å². The van der Waals surface area contributed by atoms with E-state index in [9.17, 15) is 14.3 Å². The highest BCUT2D eigenvalue weighted by Gasteiger charge is 2.25. The van der Waals surface area contributed by atoms with Crippen molar-refractivity contribution in [1.29, 1.82) is 0 Å². The molecule has 0 aliphatic carbocycles. The van der Waals surface area contributed by atoms with E-state index in [4.69, 9.17) is 4.74 Å². The van der Waals surface area contributed by atoms with Gasteiger partial charge in [0.15, 0.2) is 0 Å². The Kier molecular flexibility index (Phi) is 4.95. The molecular weight excluding hydrogens is 321 g/mol. The minimum absolute atomic E-state index is 0.0380. The molecule has 1 aliphatic heterocycles.